The maximum absolute atomic E-state index is 12.1. The lowest BCUT2D eigenvalue weighted by Gasteiger charge is -2.16. The summed E-state index contributed by atoms with van der Waals surface area (Å²) >= 11 is 3.33. The number of carbonyl (C=O) groups excluding carboxylic acids is 1. The Morgan fingerprint density at radius 3 is 2.83 bits per heavy atom. The van der Waals surface area contributed by atoms with Gasteiger partial charge in [0.25, 0.3) is 0 Å². The summed E-state index contributed by atoms with van der Waals surface area (Å²) in [5, 5.41) is 0. The highest BCUT2D eigenvalue weighted by atomic mass is 79.9. The van der Waals surface area contributed by atoms with Gasteiger partial charge in [0.05, 0.1) is 12.1 Å². The van der Waals surface area contributed by atoms with Crippen molar-refractivity contribution in [1.82, 2.24) is 4.98 Å². The summed E-state index contributed by atoms with van der Waals surface area (Å²) in [4.78, 5) is 17.9. The second kappa shape index (κ2) is 4.10. The molecule has 0 unspecified atom stereocenters. The number of nitrogen functional groups attached to an aromatic ring is 1. The number of hydrogen-bond donors (Lipinski definition) is 1. The fourth-order valence-electron chi connectivity index (χ4n) is 2.09. The van der Waals surface area contributed by atoms with Crippen LogP contribution in [-0.4, -0.2) is 10.9 Å². The van der Waals surface area contributed by atoms with Crippen LogP contribution < -0.4 is 10.6 Å². The fourth-order valence-corrected chi connectivity index (χ4v) is 2.33. The Balaban J connectivity index is 2.09. The van der Waals surface area contributed by atoms with Crippen molar-refractivity contribution < 1.29 is 4.79 Å². The Morgan fingerprint density at radius 2 is 2.11 bits per heavy atom. The van der Waals surface area contributed by atoms with Gasteiger partial charge in [0.2, 0.25) is 5.91 Å². The van der Waals surface area contributed by atoms with E-state index in [0.717, 1.165) is 15.7 Å². The van der Waals surface area contributed by atoms with Gasteiger partial charge in [0.15, 0.2) is 0 Å². The molecule has 1 aliphatic heterocycles. The molecule has 0 fully saturated rings. The Labute approximate surface area is 113 Å². The van der Waals surface area contributed by atoms with Crippen molar-refractivity contribution in [3.05, 3.63) is 46.6 Å². The number of anilines is 3. The molecule has 0 aliphatic carbocycles. The van der Waals surface area contributed by atoms with E-state index in [1.807, 2.05) is 24.3 Å². The lowest BCUT2D eigenvalue weighted by atomic mass is 10.1. The van der Waals surface area contributed by atoms with E-state index in [4.69, 9.17) is 5.73 Å². The van der Waals surface area contributed by atoms with Gasteiger partial charge in [-0.25, -0.2) is 4.98 Å². The third kappa shape index (κ3) is 1.76. The Kier molecular flexibility index (Phi) is 2.56. The van der Waals surface area contributed by atoms with Gasteiger partial charge in [0, 0.05) is 16.4 Å². The summed E-state index contributed by atoms with van der Waals surface area (Å²) < 4.78 is 0.885. The first-order chi connectivity index (χ1) is 8.65. The van der Waals surface area contributed by atoms with Gasteiger partial charge in [-0.2, -0.15) is 0 Å². The van der Waals surface area contributed by atoms with Gasteiger partial charge >= 0.3 is 0 Å². The monoisotopic (exact) mass is 303 g/mol. The summed E-state index contributed by atoms with van der Waals surface area (Å²) in [6.45, 7) is 0. The van der Waals surface area contributed by atoms with E-state index in [1.165, 1.54) is 0 Å². The van der Waals surface area contributed by atoms with E-state index in [0.29, 0.717) is 17.9 Å². The molecular formula is C13H10BrN3O. The average molecular weight is 304 g/mol. The first-order valence-electron chi connectivity index (χ1n) is 5.48. The molecule has 1 amide bonds. The highest BCUT2D eigenvalue weighted by Gasteiger charge is 2.29. The van der Waals surface area contributed by atoms with E-state index in [2.05, 4.69) is 20.9 Å². The van der Waals surface area contributed by atoms with Crippen LogP contribution in [0.4, 0.5) is 17.2 Å². The molecule has 3 rings (SSSR count). The number of aromatic nitrogens is 1. The molecule has 0 spiro atoms. The minimum atomic E-state index is 0.0189. The summed E-state index contributed by atoms with van der Waals surface area (Å²) in [6.07, 6.45) is 2.05. The molecule has 90 valence electrons. The quantitative estimate of drug-likeness (QED) is 0.824. The third-order valence-electron chi connectivity index (χ3n) is 2.88. The van der Waals surface area contributed by atoms with Crippen LogP contribution in [0.2, 0.25) is 0 Å². The molecule has 5 heteroatoms. The minimum absolute atomic E-state index is 0.0189. The fraction of sp³-hybridized carbons (Fsp3) is 0.0769. The van der Waals surface area contributed by atoms with Gasteiger partial charge < -0.3 is 5.73 Å². The number of rotatable bonds is 1. The number of nitrogens with zero attached hydrogens (tertiary/aromatic N) is 2. The summed E-state index contributed by atoms with van der Waals surface area (Å²) in [6, 6.07) is 9.17. The van der Waals surface area contributed by atoms with Crippen molar-refractivity contribution in [1.29, 1.82) is 0 Å². The maximum atomic E-state index is 12.1. The Morgan fingerprint density at radius 1 is 1.28 bits per heavy atom. The van der Waals surface area contributed by atoms with Gasteiger partial charge in [-0.15, -0.1) is 0 Å². The van der Waals surface area contributed by atoms with Crippen LogP contribution in [0.15, 0.2) is 41.0 Å². The van der Waals surface area contributed by atoms with E-state index in [-0.39, 0.29) is 5.91 Å². The van der Waals surface area contributed by atoms with Gasteiger partial charge in [-0.05, 0) is 51.8 Å². The number of fused-ring (bicyclic) bond motifs is 1. The van der Waals surface area contributed by atoms with Crippen molar-refractivity contribution in [3.8, 4) is 0 Å². The van der Waals surface area contributed by atoms with Crippen LogP contribution in [0.1, 0.15) is 5.56 Å². The molecule has 2 N–H and O–H groups in total. The number of hydrogen-bond acceptors (Lipinski definition) is 3. The molecule has 0 radical (unpaired) electrons. The van der Waals surface area contributed by atoms with Crippen LogP contribution in [-0.2, 0) is 11.2 Å². The Hall–Kier alpha value is -1.88. The molecule has 1 aliphatic rings. The predicted molar refractivity (Wildman–Crippen MR) is 73.6 cm³/mol. The van der Waals surface area contributed by atoms with Crippen molar-refractivity contribution >= 4 is 39.0 Å². The van der Waals surface area contributed by atoms with E-state index in [1.54, 1.807) is 17.2 Å². The number of carbonyl (C=O) groups is 1. The van der Waals surface area contributed by atoms with E-state index in [9.17, 15) is 4.79 Å². The highest BCUT2D eigenvalue weighted by Crippen LogP contribution is 2.35. The first-order valence-corrected chi connectivity index (χ1v) is 6.27. The average Bonchev–Trinajstić information content (AvgIpc) is 2.65. The molecule has 0 saturated carbocycles. The van der Waals surface area contributed by atoms with Crippen molar-refractivity contribution in [2.24, 2.45) is 0 Å². The van der Waals surface area contributed by atoms with Crippen molar-refractivity contribution in [2.75, 3.05) is 10.6 Å². The molecule has 0 atom stereocenters. The largest absolute Gasteiger partial charge is 0.399 e. The number of benzene rings is 1. The lowest BCUT2D eigenvalue weighted by Crippen LogP contribution is -2.21. The minimum Gasteiger partial charge on any atom is -0.399 e. The van der Waals surface area contributed by atoms with Gasteiger partial charge in [0.1, 0.15) is 5.82 Å². The van der Waals surface area contributed by atoms with Crippen molar-refractivity contribution in [2.45, 2.75) is 6.42 Å². The standard InChI is InChI=1S/C13H10BrN3O/c14-9-1-4-12(16-7-9)17-11-3-2-10(15)5-8(11)6-13(17)18/h1-5,7H,6,15H2. The summed E-state index contributed by atoms with van der Waals surface area (Å²) in [7, 11) is 0. The first kappa shape index (κ1) is 11.2. The second-order valence-electron chi connectivity index (χ2n) is 4.13. The summed E-state index contributed by atoms with van der Waals surface area (Å²) in [5.74, 6) is 0.650. The molecule has 0 saturated heterocycles. The molecule has 2 heterocycles. The number of pyridine rings is 1. The Bertz CT molecular complexity index is 625. The molecule has 0 bridgehead atoms. The lowest BCUT2D eigenvalue weighted by molar-refractivity contribution is -0.116. The van der Waals surface area contributed by atoms with Crippen LogP contribution in [0.25, 0.3) is 0 Å². The number of halogens is 1. The van der Waals surface area contributed by atoms with Gasteiger partial charge in [-0.1, -0.05) is 0 Å². The van der Waals surface area contributed by atoms with Crippen LogP contribution >= 0.6 is 15.9 Å². The molecule has 18 heavy (non-hydrogen) atoms. The highest BCUT2D eigenvalue weighted by molar-refractivity contribution is 9.10. The molecule has 1 aromatic heterocycles. The van der Waals surface area contributed by atoms with Gasteiger partial charge in [-0.3, -0.25) is 9.69 Å². The van der Waals surface area contributed by atoms with Crippen LogP contribution in [0.3, 0.4) is 0 Å². The van der Waals surface area contributed by atoms with Crippen LogP contribution in [0.5, 0.6) is 0 Å². The SMILES string of the molecule is Nc1ccc2c(c1)CC(=O)N2c1ccc(Br)cn1. The topological polar surface area (TPSA) is 59.2 Å². The zero-order valence-corrected chi connectivity index (χ0v) is 11.0. The van der Waals surface area contributed by atoms with Crippen LogP contribution in [0, 0.1) is 0 Å². The van der Waals surface area contributed by atoms with Crippen molar-refractivity contribution in [3.63, 3.8) is 0 Å². The number of amides is 1. The normalized spacial score (nSPS) is 13.8. The summed E-state index contributed by atoms with van der Waals surface area (Å²) in [5.41, 5.74) is 8.22. The zero-order valence-electron chi connectivity index (χ0n) is 9.43. The second-order valence-corrected chi connectivity index (χ2v) is 5.04. The molecule has 2 aromatic rings. The predicted octanol–water partition coefficient (Wildman–Crippen LogP) is 2.65. The third-order valence-corrected chi connectivity index (χ3v) is 3.35. The number of nitrogens with two attached hydrogens (primary N) is 1. The molecule has 1 aromatic carbocycles. The van der Waals surface area contributed by atoms with E-state index >= 15 is 0 Å². The maximum Gasteiger partial charge on any atom is 0.237 e. The molecular weight excluding hydrogens is 294 g/mol. The smallest absolute Gasteiger partial charge is 0.237 e. The zero-order chi connectivity index (χ0) is 12.7. The molecule has 4 nitrogen and oxygen atoms in total. The van der Waals surface area contributed by atoms with E-state index < -0.39 is 0 Å².